The lowest BCUT2D eigenvalue weighted by Gasteiger charge is -2.07. The Labute approximate surface area is 83.7 Å². The first kappa shape index (κ1) is 10.6. The molecule has 0 radical (unpaired) electrons. The molecular weight excluding hydrogens is 176 g/mol. The molecule has 3 heteroatoms. The molecule has 0 aliphatic rings. The maximum absolute atomic E-state index is 11.5. The minimum absolute atomic E-state index is 0.0381. The second kappa shape index (κ2) is 5.29. The first-order valence-electron chi connectivity index (χ1n) is 4.52. The zero-order valence-corrected chi connectivity index (χ0v) is 8.02. The normalized spacial score (nSPS) is 12.1. The van der Waals surface area contributed by atoms with E-state index in [1.165, 1.54) is 0 Å². The molecule has 0 spiro atoms. The molecule has 1 heterocycles. The number of ketones is 1. The van der Waals surface area contributed by atoms with E-state index < -0.39 is 6.04 Å². The van der Waals surface area contributed by atoms with Gasteiger partial charge in [0.05, 0.1) is 6.04 Å². The Morgan fingerprint density at radius 3 is 2.79 bits per heavy atom. The van der Waals surface area contributed by atoms with Crippen LogP contribution in [0.2, 0.25) is 0 Å². The van der Waals surface area contributed by atoms with Gasteiger partial charge in [0.1, 0.15) is 0 Å². The Kier molecular flexibility index (Phi) is 4.01. The number of nitrogens with zero attached hydrogens (tertiary/aromatic N) is 1. The van der Waals surface area contributed by atoms with Crippen molar-refractivity contribution >= 4 is 5.78 Å². The highest BCUT2D eigenvalue weighted by molar-refractivity contribution is 5.85. The Balaban J connectivity index is 2.53. The van der Waals surface area contributed by atoms with Crippen LogP contribution in [-0.2, 0) is 11.2 Å². The average molecular weight is 190 g/mol. The van der Waals surface area contributed by atoms with E-state index in [1.807, 2.05) is 12.1 Å². The van der Waals surface area contributed by atoms with E-state index in [-0.39, 0.29) is 5.78 Å². The highest BCUT2D eigenvalue weighted by Gasteiger charge is 2.11. The largest absolute Gasteiger partial charge is 0.321 e. The third kappa shape index (κ3) is 3.11. The molecule has 1 atom stereocenters. The first-order chi connectivity index (χ1) is 6.74. The van der Waals surface area contributed by atoms with Crippen LogP contribution in [0, 0.1) is 0 Å². The number of hydrogen-bond donors (Lipinski definition) is 1. The Morgan fingerprint density at radius 1 is 1.57 bits per heavy atom. The number of rotatable bonds is 5. The summed E-state index contributed by atoms with van der Waals surface area (Å²) < 4.78 is 0. The molecule has 1 aromatic heterocycles. The van der Waals surface area contributed by atoms with Crippen LogP contribution < -0.4 is 5.73 Å². The maximum Gasteiger partial charge on any atom is 0.154 e. The molecule has 0 bridgehead atoms. The number of carbonyl (C=O) groups excluding carboxylic acids is 1. The van der Waals surface area contributed by atoms with E-state index in [9.17, 15) is 4.79 Å². The fraction of sp³-hybridized carbons (Fsp3) is 0.273. The van der Waals surface area contributed by atoms with Crippen molar-refractivity contribution in [2.24, 2.45) is 5.73 Å². The summed E-state index contributed by atoms with van der Waals surface area (Å²) in [7, 11) is 0. The van der Waals surface area contributed by atoms with Gasteiger partial charge in [0, 0.05) is 18.8 Å². The summed E-state index contributed by atoms with van der Waals surface area (Å²) in [5, 5.41) is 0. The van der Waals surface area contributed by atoms with Gasteiger partial charge in [0.25, 0.3) is 0 Å². The predicted molar refractivity (Wildman–Crippen MR) is 55.7 cm³/mol. The van der Waals surface area contributed by atoms with Crippen molar-refractivity contribution in [1.82, 2.24) is 4.98 Å². The SMILES string of the molecule is C=CCC(N)C(=O)Cc1ccncc1. The number of pyridine rings is 1. The van der Waals surface area contributed by atoms with Crippen molar-refractivity contribution in [3.63, 3.8) is 0 Å². The highest BCUT2D eigenvalue weighted by Crippen LogP contribution is 2.01. The average Bonchev–Trinajstić information content (AvgIpc) is 2.19. The first-order valence-corrected chi connectivity index (χ1v) is 4.52. The Morgan fingerprint density at radius 2 is 2.21 bits per heavy atom. The van der Waals surface area contributed by atoms with Crippen LogP contribution in [0.4, 0.5) is 0 Å². The van der Waals surface area contributed by atoms with E-state index >= 15 is 0 Å². The van der Waals surface area contributed by atoms with Gasteiger partial charge < -0.3 is 5.73 Å². The summed E-state index contributed by atoms with van der Waals surface area (Å²) in [6, 6.07) is 3.21. The fourth-order valence-corrected chi connectivity index (χ4v) is 1.14. The molecule has 0 fully saturated rings. The van der Waals surface area contributed by atoms with Gasteiger partial charge in [-0.15, -0.1) is 6.58 Å². The number of carbonyl (C=O) groups is 1. The number of Topliss-reactive ketones (excluding diaryl/α,β-unsaturated/α-hetero) is 1. The number of aromatic nitrogens is 1. The van der Waals surface area contributed by atoms with Gasteiger partial charge in [-0.3, -0.25) is 9.78 Å². The van der Waals surface area contributed by atoms with Gasteiger partial charge in [0.15, 0.2) is 5.78 Å². The second-order valence-electron chi connectivity index (χ2n) is 3.13. The van der Waals surface area contributed by atoms with Crippen LogP contribution >= 0.6 is 0 Å². The number of hydrogen-bond acceptors (Lipinski definition) is 3. The fourth-order valence-electron chi connectivity index (χ4n) is 1.14. The lowest BCUT2D eigenvalue weighted by molar-refractivity contribution is -0.119. The van der Waals surface area contributed by atoms with Crippen molar-refractivity contribution in [3.05, 3.63) is 42.7 Å². The molecule has 2 N–H and O–H groups in total. The van der Waals surface area contributed by atoms with Crippen molar-refractivity contribution in [3.8, 4) is 0 Å². The van der Waals surface area contributed by atoms with Crippen molar-refractivity contribution in [2.75, 3.05) is 0 Å². The van der Waals surface area contributed by atoms with Gasteiger partial charge in [-0.1, -0.05) is 6.08 Å². The van der Waals surface area contributed by atoms with Gasteiger partial charge in [0.2, 0.25) is 0 Å². The van der Waals surface area contributed by atoms with E-state index in [1.54, 1.807) is 18.5 Å². The smallest absolute Gasteiger partial charge is 0.154 e. The van der Waals surface area contributed by atoms with Crippen molar-refractivity contribution < 1.29 is 4.79 Å². The van der Waals surface area contributed by atoms with Gasteiger partial charge in [-0.05, 0) is 24.1 Å². The molecule has 14 heavy (non-hydrogen) atoms. The molecule has 0 saturated heterocycles. The van der Waals surface area contributed by atoms with Crippen LogP contribution in [0.15, 0.2) is 37.2 Å². The zero-order chi connectivity index (χ0) is 10.4. The molecule has 1 rings (SSSR count). The second-order valence-corrected chi connectivity index (χ2v) is 3.13. The van der Waals surface area contributed by atoms with E-state index in [0.29, 0.717) is 12.8 Å². The summed E-state index contributed by atoms with van der Waals surface area (Å²) in [5.74, 6) is 0.0381. The molecule has 1 unspecified atom stereocenters. The van der Waals surface area contributed by atoms with Crippen LogP contribution in [0.5, 0.6) is 0 Å². The molecular formula is C11H14N2O. The van der Waals surface area contributed by atoms with E-state index in [0.717, 1.165) is 5.56 Å². The van der Waals surface area contributed by atoms with E-state index in [2.05, 4.69) is 11.6 Å². The third-order valence-corrected chi connectivity index (χ3v) is 1.96. The third-order valence-electron chi connectivity index (χ3n) is 1.96. The van der Waals surface area contributed by atoms with E-state index in [4.69, 9.17) is 5.73 Å². The predicted octanol–water partition coefficient (Wildman–Crippen LogP) is 1.10. The Bertz CT molecular complexity index is 308. The molecule has 1 aromatic rings. The molecule has 0 amide bonds. The Hall–Kier alpha value is -1.48. The monoisotopic (exact) mass is 190 g/mol. The number of nitrogens with two attached hydrogens (primary N) is 1. The molecule has 0 saturated carbocycles. The van der Waals surface area contributed by atoms with Gasteiger partial charge >= 0.3 is 0 Å². The zero-order valence-electron chi connectivity index (χ0n) is 8.02. The van der Waals surface area contributed by atoms with Gasteiger partial charge in [-0.25, -0.2) is 0 Å². The summed E-state index contributed by atoms with van der Waals surface area (Å²) in [4.78, 5) is 15.4. The topological polar surface area (TPSA) is 56.0 Å². The maximum atomic E-state index is 11.5. The molecule has 3 nitrogen and oxygen atoms in total. The van der Waals surface area contributed by atoms with Gasteiger partial charge in [-0.2, -0.15) is 0 Å². The summed E-state index contributed by atoms with van der Waals surface area (Å²) >= 11 is 0. The lowest BCUT2D eigenvalue weighted by Crippen LogP contribution is -2.31. The van der Waals surface area contributed by atoms with Crippen LogP contribution in [-0.4, -0.2) is 16.8 Å². The minimum Gasteiger partial charge on any atom is -0.321 e. The standard InChI is InChI=1S/C11H14N2O/c1-2-3-10(12)11(14)8-9-4-6-13-7-5-9/h2,4-7,10H,1,3,8,12H2. The summed E-state index contributed by atoms with van der Waals surface area (Å²) in [6.45, 7) is 3.55. The minimum atomic E-state index is -0.430. The lowest BCUT2D eigenvalue weighted by atomic mass is 10.0. The quantitative estimate of drug-likeness (QED) is 0.707. The van der Waals surface area contributed by atoms with Crippen LogP contribution in [0.1, 0.15) is 12.0 Å². The van der Waals surface area contributed by atoms with Crippen LogP contribution in [0.3, 0.4) is 0 Å². The summed E-state index contributed by atoms with van der Waals surface area (Å²) in [6.07, 6.45) is 5.90. The van der Waals surface area contributed by atoms with Crippen molar-refractivity contribution in [1.29, 1.82) is 0 Å². The molecule has 0 aromatic carbocycles. The molecule has 74 valence electrons. The molecule has 0 aliphatic heterocycles. The van der Waals surface area contributed by atoms with Crippen LogP contribution in [0.25, 0.3) is 0 Å². The summed E-state index contributed by atoms with van der Waals surface area (Å²) in [5.41, 5.74) is 6.59. The molecule has 0 aliphatic carbocycles. The highest BCUT2D eigenvalue weighted by atomic mass is 16.1. The van der Waals surface area contributed by atoms with Crippen molar-refractivity contribution in [2.45, 2.75) is 18.9 Å².